The van der Waals surface area contributed by atoms with Gasteiger partial charge in [-0.05, 0) is 31.0 Å². The van der Waals surface area contributed by atoms with Crippen molar-refractivity contribution in [1.29, 1.82) is 0 Å². The molecule has 1 saturated carbocycles. The van der Waals surface area contributed by atoms with Gasteiger partial charge in [0.2, 0.25) is 0 Å². The Hall–Kier alpha value is -2.24. The number of nitrogens with one attached hydrogen (secondary N) is 3. The van der Waals surface area contributed by atoms with Gasteiger partial charge in [0.1, 0.15) is 0 Å². The fourth-order valence-electron chi connectivity index (χ4n) is 2.48. The Bertz CT molecular complexity index is 682. The molecule has 1 aliphatic rings. The number of imidazole rings is 1. The third-order valence-electron chi connectivity index (χ3n) is 3.91. The minimum absolute atomic E-state index is 0.242. The molecule has 3 rings (SSSR count). The van der Waals surface area contributed by atoms with Gasteiger partial charge in [-0.1, -0.05) is 6.42 Å². The third-order valence-corrected chi connectivity index (χ3v) is 3.91. The zero-order valence-electron chi connectivity index (χ0n) is 10.3. The zero-order chi connectivity index (χ0) is 13.5. The Morgan fingerprint density at radius 3 is 2.68 bits per heavy atom. The summed E-state index contributed by atoms with van der Waals surface area (Å²) in [5.41, 5.74) is 1.41. The number of aromatic nitrogens is 2. The van der Waals surface area contributed by atoms with E-state index in [1.54, 1.807) is 12.1 Å². The highest BCUT2D eigenvalue weighted by Crippen LogP contribution is 2.41. The molecule has 1 heterocycles. The van der Waals surface area contributed by atoms with Gasteiger partial charge in [0.15, 0.2) is 0 Å². The van der Waals surface area contributed by atoms with Crippen LogP contribution in [-0.2, 0) is 4.79 Å². The van der Waals surface area contributed by atoms with Crippen LogP contribution in [-0.4, -0.2) is 27.6 Å². The van der Waals surface area contributed by atoms with E-state index in [0.717, 1.165) is 30.5 Å². The van der Waals surface area contributed by atoms with Gasteiger partial charge < -0.3 is 20.4 Å². The number of aliphatic carboxylic acids is 1. The summed E-state index contributed by atoms with van der Waals surface area (Å²) >= 11 is 0. The number of hydrogen-bond acceptors (Lipinski definition) is 3. The molecule has 1 aromatic carbocycles. The van der Waals surface area contributed by atoms with Crippen LogP contribution in [0.5, 0.6) is 0 Å². The SMILES string of the molecule is O=C(O)C1(CNc2ccc3[nH]c(=O)[nH]c3c2)CCC1. The van der Waals surface area contributed by atoms with Crippen LogP contribution in [0.4, 0.5) is 5.69 Å². The molecule has 4 N–H and O–H groups in total. The molecule has 0 unspecified atom stereocenters. The highest BCUT2D eigenvalue weighted by molar-refractivity contribution is 5.79. The van der Waals surface area contributed by atoms with Crippen molar-refractivity contribution >= 4 is 22.7 Å². The zero-order valence-corrected chi connectivity index (χ0v) is 10.3. The molecule has 0 amide bonds. The van der Waals surface area contributed by atoms with Crippen molar-refractivity contribution in [3.05, 3.63) is 28.7 Å². The van der Waals surface area contributed by atoms with Gasteiger partial charge in [0, 0.05) is 12.2 Å². The van der Waals surface area contributed by atoms with Crippen LogP contribution < -0.4 is 11.0 Å². The largest absolute Gasteiger partial charge is 0.481 e. The second kappa shape index (κ2) is 4.15. The first-order chi connectivity index (χ1) is 9.09. The fourth-order valence-corrected chi connectivity index (χ4v) is 2.48. The van der Waals surface area contributed by atoms with Gasteiger partial charge >= 0.3 is 11.7 Å². The second-order valence-corrected chi connectivity index (χ2v) is 5.13. The Labute approximate surface area is 108 Å². The van der Waals surface area contributed by atoms with Crippen LogP contribution >= 0.6 is 0 Å². The molecule has 1 fully saturated rings. The van der Waals surface area contributed by atoms with Gasteiger partial charge in [-0.25, -0.2) is 4.79 Å². The first-order valence-electron chi connectivity index (χ1n) is 6.28. The van der Waals surface area contributed by atoms with Crippen LogP contribution in [0.1, 0.15) is 19.3 Å². The number of H-pyrrole nitrogens is 2. The Kier molecular flexibility index (Phi) is 2.58. The van der Waals surface area contributed by atoms with Gasteiger partial charge in [0.05, 0.1) is 16.4 Å². The minimum atomic E-state index is -0.734. The van der Waals surface area contributed by atoms with Crippen molar-refractivity contribution in [2.45, 2.75) is 19.3 Å². The molecule has 0 aliphatic heterocycles. The van der Waals surface area contributed by atoms with E-state index in [2.05, 4.69) is 15.3 Å². The average molecular weight is 261 g/mol. The predicted octanol–water partition coefficient (Wildman–Crippen LogP) is 1.52. The van der Waals surface area contributed by atoms with E-state index in [-0.39, 0.29) is 5.69 Å². The number of carbonyl (C=O) groups is 1. The van der Waals surface area contributed by atoms with E-state index in [1.807, 2.05) is 6.07 Å². The van der Waals surface area contributed by atoms with Crippen LogP contribution in [0.15, 0.2) is 23.0 Å². The van der Waals surface area contributed by atoms with Crippen LogP contribution in [0.2, 0.25) is 0 Å². The molecule has 6 nitrogen and oxygen atoms in total. The first-order valence-corrected chi connectivity index (χ1v) is 6.28. The van der Waals surface area contributed by atoms with E-state index in [4.69, 9.17) is 0 Å². The van der Waals surface area contributed by atoms with Crippen LogP contribution in [0.3, 0.4) is 0 Å². The number of fused-ring (bicyclic) bond motifs is 1. The number of carboxylic acids is 1. The Morgan fingerprint density at radius 1 is 1.32 bits per heavy atom. The lowest BCUT2D eigenvalue weighted by molar-refractivity contribution is -0.153. The van der Waals surface area contributed by atoms with E-state index >= 15 is 0 Å². The molecule has 100 valence electrons. The molecular weight excluding hydrogens is 246 g/mol. The lowest BCUT2D eigenvalue weighted by Gasteiger charge is -2.37. The highest BCUT2D eigenvalue weighted by Gasteiger charge is 2.44. The smallest absolute Gasteiger partial charge is 0.323 e. The number of hydrogen-bond donors (Lipinski definition) is 4. The lowest BCUT2D eigenvalue weighted by atomic mass is 9.69. The molecule has 6 heteroatoms. The van der Waals surface area contributed by atoms with E-state index < -0.39 is 11.4 Å². The summed E-state index contributed by atoms with van der Waals surface area (Å²) in [4.78, 5) is 27.7. The van der Waals surface area contributed by atoms with Crippen molar-refractivity contribution in [2.24, 2.45) is 5.41 Å². The number of aromatic amines is 2. The quantitative estimate of drug-likeness (QED) is 0.670. The molecule has 1 aliphatic carbocycles. The molecular formula is C13H15N3O3. The lowest BCUT2D eigenvalue weighted by Crippen LogP contribution is -2.43. The summed E-state index contributed by atoms with van der Waals surface area (Å²) in [6.07, 6.45) is 2.41. The van der Waals surface area contributed by atoms with Crippen molar-refractivity contribution in [3.63, 3.8) is 0 Å². The molecule has 0 spiro atoms. The summed E-state index contributed by atoms with van der Waals surface area (Å²) < 4.78 is 0. The maximum atomic E-state index is 11.2. The van der Waals surface area contributed by atoms with Gasteiger partial charge in [-0.3, -0.25) is 4.79 Å². The van der Waals surface area contributed by atoms with Crippen molar-refractivity contribution < 1.29 is 9.90 Å². The Balaban J connectivity index is 1.78. The minimum Gasteiger partial charge on any atom is -0.481 e. The molecule has 0 bridgehead atoms. The van der Waals surface area contributed by atoms with Gasteiger partial charge in [-0.2, -0.15) is 0 Å². The number of anilines is 1. The van der Waals surface area contributed by atoms with Crippen molar-refractivity contribution in [3.8, 4) is 0 Å². The average Bonchev–Trinajstić information content (AvgIpc) is 2.66. The second-order valence-electron chi connectivity index (χ2n) is 5.13. The van der Waals surface area contributed by atoms with E-state index in [9.17, 15) is 14.7 Å². The molecule has 1 aromatic heterocycles. The van der Waals surface area contributed by atoms with Crippen molar-refractivity contribution in [2.75, 3.05) is 11.9 Å². The maximum Gasteiger partial charge on any atom is 0.323 e. The molecule has 0 radical (unpaired) electrons. The topological polar surface area (TPSA) is 98.0 Å². The van der Waals surface area contributed by atoms with Gasteiger partial charge in [0.25, 0.3) is 0 Å². The van der Waals surface area contributed by atoms with Crippen LogP contribution in [0.25, 0.3) is 11.0 Å². The molecule has 0 atom stereocenters. The summed E-state index contributed by atoms with van der Waals surface area (Å²) in [7, 11) is 0. The normalized spacial score (nSPS) is 17.1. The number of carboxylic acid groups (broad SMARTS) is 1. The summed E-state index contributed by atoms with van der Waals surface area (Å²) in [6.45, 7) is 0.419. The van der Waals surface area contributed by atoms with E-state index in [1.165, 1.54) is 0 Å². The Morgan fingerprint density at radius 2 is 2.05 bits per heavy atom. The monoisotopic (exact) mass is 261 g/mol. The summed E-state index contributed by atoms with van der Waals surface area (Å²) in [6, 6.07) is 5.44. The third kappa shape index (κ3) is 1.99. The maximum absolute atomic E-state index is 11.2. The molecule has 2 aromatic rings. The highest BCUT2D eigenvalue weighted by atomic mass is 16.4. The molecule has 0 saturated heterocycles. The standard InChI is InChI=1S/C13H15N3O3/c17-11(18)13(4-1-5-13)7-14-8-2-3-9-10(6-8)16-12(19)15-9/h2-3,6,14H,1,4-5,7H2,(H,17,18)(H2,15,16,19). The van der Waals surface area contributed by atoms with Crippen LogP contribution in [0, 0.1) is 5.41 Å². The predicted molar refractivity (Wildman–Crippen MR) is 71.3 cm³/mol. The van der Waals surface area contributed by atoms with Crippen molar-refractivity contribution in [1.82, 2.24) is 9.97 Å². The van der Waals surface area contributed by atoms with Gasteiger partial charge in [-0.15, -0.1) is 0 Å². The molecule has 19 heavy (non-hydrogen) atoms. The van der Waals surface area contributed by atoms with E-state index in [0.29, 0.717) is 12.1 Å². The summed E-state index contributed by atoms with van der Waals surface area (Å²) in [5.74, 6) is -0.734. The number of benzene rings is 1. The number of rotatable bonds is 4. The fraction of sp³-hybridized carbons (Fsp3) is 0.385. The first kappa shape index (κ1) is 11.8. The summed E-state index contributed by atoms with van der Waals surface area (Å²) in [5, 5.41) is 12.4.